The number of nitrogens with zero attached hydrogens (tertiary/aromatic N) is 3. The van der Waals surface area contributed by atoms with Crippen LogP contribution in [0.5, 0.6) is 23.1 Å². The Morgan fingerprint density at radius 3 is 2.58 bits per heavy atom. The van der Waals surface area contributed by atoms with Crippen LogP contribution in [0.25, 0.3) is 11.4 Å². The van der Waals surface area contributed by atoms with E-state index in [1.807, 2.05) is 0 Å². The minimum Gasteiger partial charge on any atom is -0.493 e. The number of rotatable bonds is 9. The number of ether oxygens (including phenoxy) is 4. The molecule has 1 aliphatic heterocycles. The quantitative estimate of drug-likeness (QED) is 0.501. The van der Waals surface area contributed by atoms with Crippen molar-refractivity contribution in [2.75, 3.05) is 26.9 Å². The van der Waals surface area contributed by atoms with Crippen molar-refractivity contribution in [2.24, 2.45) is 5.73 Å². The van der Waals surface area contributed by atoms with Crippen LogP contribution in [0.15, 0.2) is 48.8 Å². The van der Waals surface area contributed by atoms with E-state index in [4.69, 9.17) is 24.7 Å². The first-order valence-electron chi connectivity index (χ1n) is 10.4. The molecule has 3 N–H and O–H groups in total. The van der Waals surface area contributed by atoms with E-state index in [2.05, 4.69) is 15.0 Å². The number of hydrogen-bond acceptors (Lipinski definition) is 9. The molecule has 33 heavy (non-hydrogen) atoms. The summed E-state index contributed by atoms with van der Waals surface area (Å²) in [5.74, 6) is 0.0655. The third-order valence-corrected chi connectivity index (χ3v) is 5.23. The van der Waals surface area contributed by atoms with E-state index in [0.717, 1.165) is 6.42 Å². The predicted molar refractivity (Wildman–Crippen MR) is 117 cm³/mol. The first-order valence-corrected chi connectivity index (χ1v) is 10.4. The Labute approximate surface area is 190 Å². The number of pyridine rings is 1. The van der Waals surface area contributed by atoms with Gasteiger partial charge in [0.1, 0.15) is 12.2 Å². The average molecular weight is 452 g/mol. The Kier molecular flexibility index (Phi) is 6.66. The molecule has 2 aromatic heterocycles. The molecule has 172 valence electrons. The number of carbonyl (C=O) groups is 1. The van der Waals surface area contributed by atoms with Gasteiger partial charge in [-0.05, 0) is 37.1 Å². The molecule has 10 heteroatoms. The van der Waals surface area contributed by atoms with Gasteiger partial charge >= 0.3 is 0 Å². The van der Waals surface area contributed by atoms with Crippen molar-refractivity contribution in [2.45, 2.75) is 18.4 Å². The van der Waals surface area contributed by atoms with Crippen LogP contribution < -0.4 is 19.9 Å². The monoisotopic (exact) mass is 452 g/mol. The molecule has 0 radical (unpaired) electrons. The SMILES string of the molecule is COc1ccccc1Oc1c(OCC2(CO)CCCO2)nc(-c2ccncc2)nc1C(N)=O. The molecule has 3 heterocycles. The van der Waals surface area contributed by atoms with Crippen LogP contribution in [0.2, 0.25) is 0 Å². The summed E-state index contributed by atoms with van der Waals surface area (Å²) in [6, 6.07) is 10.3. The number of aromatic nitrogens is 3. The number of methoxy groups -OCH3 is 1. The minimum atomic E-state index is -0.865. The van der Waals surface area contributed by atoms with Crippen molar-refractivity contribution in [3.05, 3.63) is 54.5 Å². The Bertz CT molecular complexity index is 1120. The number of primary amides is 1. The molecular weight excluding hydrogens is 428 g/mol. The second-order valence-corrected chi connectivity index (χ2v) is 7.46. The van der Waals surface area contributed by atoms with Gasteiger partial charge in [0.05, 0.1) is 13.7 Å². The summed E-state index contributed by atoms with van der Waals surface area (Å²) >= 11 is 0. The lowest BCUT2D eigenvalue weighted by molar-refractivity contribution is -0.0666. The highest BCUT2D eigenvalue weighted by molar-refractivity contribution is 5.95. The van der Waals surface area contributed by atoms with E-state index in [9.17, 15) is 9.90 Å². The topological polar surface area (TPSA) is 139 Å². The van der Waals surface area contributed by atoms with E-state index in [1.165, 1.54) is 7.11 Å². The first-order chi connectivity index (χ1) is 16.0. The van der Waals surface area contributed by atoms with Crippen molar-refractivity contribution in [3.8, 4) is 34.5 Å². The molecular formula is C23H24N4O6. The van der Waals surface area contributed by atoms with Gasteiger partial charge in [-0.3, -0.25) is 9.78 Å². The number of amides is 1. The van der Waals surface area contributed by atoms with E-state index in [0.29, 0.717) is 30.1 Å². The van der Waals surface area contributed by atoms with Crippen LogP contribution in [0.4, 0.5) is 0 Å². The first kappa shape index (κ1) is 22.4. The molecule has 4 rings (SSSR count). The number of aliphatic hydroxyl groups is 1. The third kappa shape index (κ3) is 4.86. The number of hydrogen-bond donors (Lipinski definition) is 2. The van der Waals surface area contributed by atoms with Crippen molar-refractivity contribution < 1.29 is 28.8 Å². The molecule has 1 amide bonds. The fourth-order valence-electron chi connectivity index (χ4n) is 3.47. The van der Waals surface area contributed by atoms with E-state index < -0.39 is 11.5 Å². The lowest BCUT2D eigenvalue weighted by Gasteiger charge is -2.26. The third-order valence-electron chi connectivity index (χ3n) is 5.23. The van der Waals surface area contributed by atoms with Crippen molar-refractivity contribution in [3.63, 3.8) is 0 Å². The highest BCUT2D eigenvalue weighted by atomic mass is 16.6. The van der Waals surface area contributed by atoms with Crippen LogP contribution in [0.3, 0.4) is 0 Å². The molecule has 1 atom stereocenters. The summed E-state index contributed by atoms with van der Waals surface area (Å²) in [5.41, 5.74) is 5.23. The summed E-state index contributed by atoms with van der Waals surface area (Å²) in [6.45, 7) is 0.296. The highest BCUT2D eigenvalue weighted by Crippen LogP contribution is 2.39. The van der Waals surface area contributed by atoms with E-state index in [-0.39, 0.29) is 36.4 Å². The van der Waals surface area contributed by atoms with Crippen molar-refractivity contribution in [1.29, 1.82) is 0 Å². The highest BCUT2D eigenvalue weighted by Gasteiger charge is 2.36. The van der Waals surface area contributed by atoms with E-state index in [1.54, 1.807) is 48.8 Å². The van der Waals surface area contributed by atoms with E-state index >= 15 is 0 Å². The molecule has 1 aliphatic rings. The second kappa shape index (κ2) is 9.80. The second-order valence-electron chi connectivity index (χ2n) is 7.46. The fraction of sp³-hybridized carbons (Fsp3) is 0.304. The Morgan fingerprint density at radius 2 is 1.94 bits per heavy atom. The van der Waals surface area contributed by atoms with Gasteiger partial charge in [0.2, 0.25) is 5.75 Å². The minimum absolute atomic E-state index is 0.00319. The standard InChI is InChI=1S/C23H24N4O6/c1-30-16-5-2-3-6-17(16)33-19-18(20(24)29)26-21(15-7-10-25-11-8-15)27-22(19)31-14-23(13-28)9-4-12-32-23/h2-3,5-8,10-11,28H,4,9,12-14H2,1H3,(H2,24,29). The van der Waals surface area contributed by atoms with Crippen LogP contribution in [0.1, 0.15) is 23.3 Å². The normalized spacial score (nSPS) is 17.5. The zero-order chi connectivity index (χ0) is 23.3. The lowest BCUT2D eigenvalue weighted by Crippen LogP contribution is -2.39. The average Bonchev–Trinajstić information content (AvgIpc) is 3.33. The summed E-state index contributed by atoms with van der Waals surface area (Å²) < 4.78 is 23.1. The van der Waals surface area contributed by atoms with Gasteiger partial charge in [-0.15, -0.1) is 0 Å². The number of benzene rings is 1. The van der Waals surface area contributed by atoms with Crippen LogP contribution in [0, 0.1) is 0 Å². The lowest BCUT2D eigenvalue weighted by atomic mass is 10.0. The van der Waals surface area contributed by atoms with Crippen molar-refractivity contribution >= 4 is 5.91 Å². The summed E-state index contributed by atoms with van der Waals surface area (Å²) in [5, 5.41) is 9.88. The Hall–Kier alpha value is -3.76. The molecule has 1 aromatic carbocycles. The van der Waals surface area contributed by atoms with Crippen LogP contribution in [-0.4, -0.2) is 58.5 Å². The number of carbonyl (C=O) groups excluding carboxylic acids is 1. The molecule has 1 fully saturated rings. The smallest absolute Gasteiger partial charge is 0.271 e. The van der Waals surface area contributed by atoms with Gasteiger partial charge in [0.25, 0.3) is 11.8 Å². The van der Waals surface area contributed by atoms with Gasteiger partial charge < -0.3 is 29.8 Å². The summed E-state index contributed by atoms with van der Waals surface area (Å²) in [4.78, 5) is 25.2. The molecule has 0 spiro atoms. The Balaban J connectivity index is 1.80. The van der Waals surface area contributed by atoms with Crippen LogP contribution in [-0.2, 0) is 4.74 Å². The van der Waals surface area contributed by atoms with Crippen LogP contribution >= 0.6 is 0 Å². The molecule has 0 aliphatic carbocycles. The molecule has 10 nitrogen and oxygen atoms in total. The maximum Gasteiger partial charge on any atom is 0.271 e. The number of nitrogens with two attached hydrogens (primary N) is 1. The molecule has 1 saturated heterocycles. The van der Waals surface area contributed by atoms with Gasteiger partial charge in [-0.2, -0.15) is 4.98 Å². The van der Waals surface area contributed by atoms with Gasteiger partial charge in [-0.25, -0.2) is 4.98 Å². The Morgan fingerprint density at radius 1 is 1.18 bits per heavy atom. The summed E-state index contributed by atoms with van der Waals surface area (Å²) in [7, 11) is 1.50. The summed E-state index contributed by atoms with van der Waals surface area (Å²) in [6.07, 6.45) is 4.58. The zero-order valence-corrected chi connectivity index (χ0v) is 18.1. The molecule has 0 saturated carbocycles. The molecule has 1 unspecified atom stereocenters. The molecule has 3 aromatic rings. The maximum absolute atomic E-state index is 12.4. The molecule has 0 bridgehead atoms. The number of aliphatic hydroxyl groups excluding tert-OH is 1. The van der Waals surface area contributed by atoms with Gasteiger partial charge in [-0.1, -0.05) is 12.1 Å². The van der Waals surface area contributed by atoms with Gasteiger partial charge in [0, 0.05) is 24.6 Å². The zero-order valence-electron chi connectivity index (χ0n) is 18.1. The maximum atomic E-state index is 12.4. The van der Waals surface area contributed by atoms with Crippen molar-refractivity contribution in [1.82, 2.24) is 15.0 Å². The fourth-order valence-corrected chi connectivity index (χ4v) is 3.47. The number of para-hydroxylation sites is 2. The largest absolute Gasteiger partial charge is 0.493 e. The van der Waals surface area contributed by atoms with Gasteiger partial charge in [0.15, 0.2) is 23.0 Å². The predicted octanol–water partition coefficient (Wildman–Crippen LogP) is 2.36.